The van der Waals surface area contributed by atoms with Gasteiger partial charge in [0.05, 0.1) is 11.4 Å². The van der Waals surface area contributed by atoms with Crippen LogP contribution in [0.15, 0.2) is 38.6 Å². The van der Waals surface area contributed by atoms with Crippen LogP contribution in [0.2, 0.25) is 0 Å². The molecule has 4 rings (SSSR count). The topological polar surface area (TPSA) is 79.8 Å². The molecule has 0 aromatic heterocycles. The molecule has 0 bridgehead atoms. The van der Waals surface area contributed by atoms with Crippen molar-refractivity contribution in [1.29, 1.82) is 0 Å². The highest BCUT2D eigenvalue weighted by Gasteiger charge is 2.37. The highest BCUT2D eigenvalue weighted by molar-refractivity contribution is 9.10. The predicted octanol–water partition coefficient (Wildman–Crippen LogP) is 5.84. The minimum Gasteiger partial charge on any atom is -0.487 e. The average Bonchev–Trinajstić information content (AvgIpc) is 3.13. The third-order valence-electron chi connectivity index (χ3n) is 7.07. The molecule has 2 aromatic rings. The van der Waals surface area contributed by atoms with E-state index in [1.165, 1.54) is 6.42 Å². The number of sulfonamides is 1. The molecule has 35 heavy (non-hydrogen) atoms. The summed E-state index contributed by atoms with van der Waals surface area (Å²) >= 11 is 3.46. The molecule has 0 amide bonds. The Hall–Kier alpha value is -2.06. The van der Waals surface area contributed by atoms with Crippen LogP contribution < -0.4 is 14.8 Å². The number of aliphatic imine (C=N–C) groups is 1. The molecule has 6 nitrogen and oxygen atoms in total. The van der Waals surface area contributed by atoms with Crippen molar-refractivity contribution in [3.8, 4) is 5.75 Å². The lowest BCUT2D eigenvalue weighted by Gasteiger charge is -2.25. The molecule has 2 aliphatic rings. The maximum Gasteiger partial charge on any atom is 0.264 e. The molecule has 1 fully saturated rings. The van der Waals surface area contributed by atoms with Crippen LogP contribution in [0, 0.1) is 20.8 Å². The Labute approximate surface area is 218 Å². The van der Waals surface area contributed by atoms with Crippen LogP contribution >= 0.6 is 15.9 Å². The Kier molecular flexibility index (Phi) is 7.53. The molecule has 0 spiro atoms. The summed E-state index contributed by atoms with van der Waals surface area (Å²) < 4.78 is 37.6. The van der Waals surface area contributed by atoms with E-state index < -0.39 is 10.0 Å². The molecule has 0 unspecified atom stereocenters. The maximum absolute atomic E-state index is 13.8. The fourth-order valence-electron chi connectivity index (χ4n) is 5.13. The molecule has 1 aliphatic heterocycles. The van der Waals surface area contributed by atoms with Crippen LogP contribution in [0.3, 0.4) is 0 Å². The predicted molar refractivity (Wildman–Crippen MR) is 145 cm³/mol. The molecule has 2 N–H and O–H groups in total. The second-order valence-electron chi connectivity index (χ2n) is 10.4. The molecule has 1 heterocycles. The second-order valence-corrected chi connectivity index (χ2v) is 13.0. The summed E-state index contributed by atoms with van der Waals surface area (Å²) in [6, 6.07) is 8.12. The van der Waals surface area contributed by atoms with Crippen LogP contribution in [0.5, 0.6) is 5.75 Å². The number of nitrogens with zero attached hydrogens (tertiary/aromatic N) is 1. The number of benzene rings is 2. The Morgan fingerprint density at radius 3 is 2.37 bits per heavy atom. The lowest BCUT2D eigenvalue weighted by Crippen LogP contribution is -2.46. The van der Waals surface area contributed by atoms with E-state index in [-0.39, 0.29) is 11.6 Å². The van der Waals surface area contributed by atoms with Gasteiger partial charge in [-0.15, -0.1) is 0 Å². The number of nitrogens with one attached hydrogen (secondary N) is 2. The smallest absolute Gasteiger partial charge is 0.264 e. The Balaban J connectivity index is 1.67. The Morgan fingerprint density at radius 2 is 1.71 bits per heavy atom. The van der Waals surface area contributed by atoms with Crippen LogP contribution in [-0.2, 0) is 23.0 Å². The number of fused-ring (bicyclic) bond motifs is 1. The summed E-state index contributed by atoms with van der Waals surface area (Å²) in [5.41, 5.74) is 4.00. The fourth-order valence-corrected chi connectivity index (χ4v) is 6.96. The number of rotatable bonds is 5. The largest absolute Gasteiger partial charge is 0.487 e. The summed E-state index contributed by atoms with van der Waals surface area (Å²) in [5.74, 6) is 1.14. The van der Waals surface area contributed by atoms with E-state index in [1.54, 1.807) is 0 Å². The molecule has 190 valence electrons. The highest BCUT2D eigenvalue weighted by atomic mass is 79.9. The van der Waals surface area contributed by atoms with E-state index in [9.17, 15) is 8.42 Å². The summed E-state index contributed by atoms with van der Waals surface area (Å²) in [6.45, 7) is 10.1. The van der Waals surface area contributed by atoms with Gasteiger partial charge in [0.1, 0.15) is 11.4 Å². The third kappa shape index (κ3) is 5.85. The van der Waals surface area contributed by atoms with Crippen LogP contribution in [0.1, 0.15) is 73.8 Å². The van der Waals surface area contributed by atoms with Crippen LogP contribution in [0.4, 0.5) is 0 Å². The standard InChI is InChI=1S/C27H36BrN3O3S/c1-17-18(2)25(19(3)23-15-27(4,5)34-24(17)23)35(32,33)31-26(30-22-9-7-6-8-10-22)29-16-20-11-13-21(28)14-12-20/h11-14,22H,6-10,15-16H2,1-5H3,(H2,29,30,31). The van der Waals surface area contributed by atoms with Gasteiger partial charge in [0.2, 0.25) is 5.96 Å². The fraction of sp³-hybridized carbons (Fsp3) is 0.519. The number of ether oxygens (including phenoxy) is 1. The molecule has 1 saturated carbocycles. The van der Waals surface area contributed by atoms with Crippen LogP contribution in [0.25, 0.3) is 0 Å². The number of hydrogen-bond acceptors (Lipinski definition) is 4. The van der Waals surface area contributed by atoms with Gasteiger partial charge < -0.3 is 10.1 Å². The summed E-state index contributed by atoms with van der Waals surface area (Å²) in [4.78, 5) is 5.01. The SMILES string of the molecule is Cc1c(C)c(S(=O)(=O)NC(=NCc2ccc(Br)cc2)NC2CCCCC2)c(C)c2c1OC(C)(C)C2. The molecule has 0 atom stereocenters. The molecule has 1 aliphatic carbocycles. The average molecular weight is 563 g/mol. The number of guanidine groups is 1. The molecule has 2 aromatic carbocycles. The van der Waals surface area contributed by atoms with Crippen molar-refractivity contribution in [2.24, 2.45) is 4.99 Å². The van der Waals surface area contributed by atoms with E-state index in [1.807, 2.05) is 58.9 Å². The molecular formula is C27H36BrN3O3S. The van der Waals surface area contributed by atoms with E-state index in [0.29, 0.717) is 23.8 Å². The Morgan fingerprint density at radius 1 is 1.06 bits per heavy atom. The maximum atomic E-state index is 13.8. The quantitative estimate of drug-likeness (QED) is 0.354. The summed E-state index contributed by atoms with van der Waals surface area (Å²) in [6.07, 6.45) is 6.22. The van der Waals surface area contributed by atoms with Crippen molar-refractivity contribution >= 4 is 31.9 Å². The van der Waals surface area contributed by atoms with Gasteiger partial charge in [0.15, 0.2) is 0 Å². The van der Waals surface area contributed by atoms with Gasteiger partial charge in [-0.1, -0.05) is 47.3 Å². The molecular weight excluding hydrogens is 526 g/mol. The first-order valence-corrected chi connectivity index (χ1v) is 14.6. The minimum atomic E-state index is -3.87. The van der Waals surface area contributed by atoms with Gasteiger partial charge in [-0.3, -0.25) is 0 Å². The normalized spacial score (nSPS) is 18.2. The minimum absolute atomic E-state index is 0.216. The summed E-state index contributed by atoms with van der Waals surface area (Å²) in [7, 11) is -3.87. The zero-order valence-corrected chi connectivity index (χ0v) is 23.7. The van der Waals surface area contributed by atoms with Crippen LogP contribution in [-0.4, -0.2) is 26.0 Å². The van der Waals surface area contributed by atoms with E-state index in [0.717, 1.165) is 63.7 Å². The zero-order valence-electron chi connectivity index (χ0n) is 21.3. The van der Waals surface area contributed by atoms with Crippen molar-refractivity contribution < 1.29 is 13.2 Å². The van der Waals surface area contributed by atoms with Gasteiger partial charge in [0, 0.05) is 22.5 Å². The van der Waals surface area contributed by atoms with Crippen molar-refractivity contribution in [1.82, 2.24) is 10.0 Å². The Bertz CT molecular complexity index is 1230. The van der Waals surface area contributed by atoms with Gasteiger partial charge in [-0.05, 0) is 81.8 Å². The lowest BCUT2D eigenvalue weighted by molar-refractivity contribution is 0.137. The zero-order chi connectivity index (χ0) is 25.4. The van der Waals surface area contributed by atoms with Gasteiger partial charge in [-0.2, -0.15) is 0 Å². The first-order valence-electron chi connectivity index (χ1n) is 12.4. The van der Waals surface area contributed by atoms with E-state index in [2.05, 4.69) is 31.0 Å². The lowest BCUT2D eigenvalue weighted by atomic mass is 9.94. The van der Waals surface area contributed by atoms with E-state index >= 15 is 0 Å². The first kappa shape index (κ1) is 26.0. The molecule has 0 radical (unpaired) electrons. The van der Waals surface area contributed by atoms with Gasteiger partial charge >= 0.3 is 0 Å². The molecule has 8 heteroatoms. The van der Waals surface area contributed by atoms with E-state index in [4.69, 9.17) is 4.74 Å². The van der Waals surface area contributed by atoms with Gasteiger partial charge in [-0.25, -0.2) is 18.1 Å². The summed E-state index contributed by atoms with van der Waals surface area (Å²) in [5, 5.41) is 3.41. The number of hydrogen-bond donors (Lipinski definition) is 2. The number of halogens is 1. The highest BCUT2D eigenvalue weighted by Crippen LogP contribution is 2.43. The van der Waals surface area contributed by atoms with Crippen molar-refractivity contribution in [3.05, 3.63) is 56.6 Å². The first-order chi connectivity index (χ1) is 16.5. The molecule has 0 saturated heterocycles. The van der Waals surface area contributed by atoms with Crippen molar-refractivity contribution in [3.63, 3.8) is 0 Å². The monoisotopic (exact) mass is 561 g/mol. The second kappa shape index (κ2) is 10.1. The van der Waals surface area contributed by atoms with Crippen molar-refractivity contribution in [2.45, 2.75) is 96.2 Å². The van der Waals surface area contributed by atoms with Crippen molar-refractivity contribution in [2.75, 3.05) is 0 Å². The third-order valence-corrected chi connectivity index (χ3v) is 9.21. The van der Waals surface area contributed by atoms with Gasteiger partial charge in [0.25, 0.3) is 10.0 Å².